The number of cyclic esters (lactones) is 2. The van der Waals surface area contributed by atoms with Gasteiger partial charge < -0.3 is 9.84 Å². The highest BCUT2D eigenvalue weighted by Gasteiger charge is 2.28. The van der Waals surface area contributed by atoms with Gasteiger partial charge in [-0.3, -0.25) is 4.79 Å². The Kier molecular flexibility index (Phi) is 4.07. The zero-order chi connectivity index (χ0) is 12.1. The predicted octanol–water partition coefficient (Wildman–Crippen LogP) is 0.998. The van der Waals surface area contributed by atoms with Crippen molar-refractivity contribution in [2.45, 2.75) is 0 Å². The number of fused-ring (bicyclic) bond motifs is 1. The molecule has 1 heterocycles. The van der Waals surface area contributed by atoms with Crippen LogP contribution in [0.15, 0.2) is 24.3 Å². The maximum atomic E-state index is 10.8. The molecule has 16 heavy (non-hydrogen) atoms. The normalized spacial score (nSPS) is 12.3. The Hall–Kier alpha value is -1.82. The average Bonchev–Trinajstić information content (AvgIpc) is 2.56. The molecule has 0 spiro atoms. The largest absolute Gasteiger partial charge is 0.481 e. The number of hydrogen-bond donors (Lipinski definition) is 2. The number of hydrogen-bond acceptors (Lipinski definition) is 5. The van der Waals surface area contributed by atoms with Gasteiger partial charge in [-0.05, 0) is 12.1 Å². The van der Waals surface area contributed by atoms with E-state index in [4.69, 9.17) is 5.11 Å². The van der Waals surface area contributed by atoms with Crippen molar-refractivity contribution in [2.24, 2.45) is 0 Å². The molecular weight excluding hydrogens is 232 g/mol. The lowest BCUT2D eigenvalue weighted by Crippen LogP contribution is -1.96. The summed E-state index contributed by atoms with van der Waals surface area (Å²) < 4.78 is 4.35. The van der Waals surface area contributed by atoms with E-state index in [2.05, 4.69) is 17.4 Å². The maximum absolute atomic E-state index is 10.8. The van der Waals surface area contributed by atoms with Crippen molar-refractivity contribution in [2.75, 3.05) is 5.75 Å². The Morgan fingerprint density at radius 1 is 1.19 bits per heavy atom. The molecule has 0 unspecified atom stereocenters. The SMILES string of the molecule is O=C(O)CS.O=C1OC(=O)c2ccccc21. The Labute approximate surface area is 96.4 Å². The van der Waals surface area contributed by atoms with Gasteiger partial charge in [0.15, 0.2) is 0 Å². The quantitative estimate of drug-likeness (QED) is 0.435. The molecule has 0 amide bonds. The summed E-state index contributed by atoms with van der Waals surface area (Å²) in [7, 11) is 0. The summed E-state index contributed by atoms with van der Waals surface area (Å²) in [6.07, 6.45) is 0. The molecule has 0 saturated heterocycles. The second-order valence-electron chi connectivity index (χ2n) is 2.77. The Morgan fingerprint density at radius 2 is 1.56 bits per heavy atom. The minimum Gasteiger partial charge on any atom is -0.481 e. The van der Waals surface area contributed by atoms with E-state index < -0.39 is 17.9 Å². The minimum atomic E-state index is -0.881. The number of rotatable bonds is 1. The molecule has 2 rings (SSSR count). The van der Waals surface area contributed by atoms with Crippen LogP contribution in [0.3, 0.4) is 0 Å². The Morgan fingerprint density at radius 3 is 1.88 bits per heavy atom. The lowest BCUT2D eigenvalue weighted by Gasteiger charge is -1.86. The van der Waals surface area contributed by atoms with Crippen molar-refractivity contribution in [1.82, 2.24) is 0 Å². The summed E-state index contributed by atoms with van der Waals surface area (Å²) in [5.41, 5.74) is 0.718. The van der Waals surface area contributed by atoms with Crippen molar-refractivity contribution in [3.05, 3.63) is 35.4 Å². The van der Waals surface area contributed by atoms with Gasteiger partial charge in [-0.15, -0.1) is 0 Å². The van der Waals surface area contributed by atoms with Gasteiger partial charge in [0, 0.05) is 0 Å². The number of carbonyl (C=O) groups is 3. The van der Waals surface area contributed by atoms with Gasteiger partial charge in [-0.1, -0.05) is 12.1 Å². The van der Waals surface area contributed by atoms with Gasteiger partial charge in [-0.2, -0.15) is 12.6 Å². The van der Waals surface area contributed by atoms with E-state index in [1.165, 1.54) is 0 Å². The van der Waals surface area contributed by atoms with Crippen molar-refractivity contribution in [3.8, 4) is 0 Å². The molecule has 6 heteroatoms. The molecule has 0 bridgehead atoms. The van der Waals surface area contributed by atoms with E-state index in [0.717, 1.165) is 0 Å². The summed E-state index contributed by atoms with van der Waals surface area (Å²) in [6.45, 7) is 0. The van der Waals surface area contributed by atoms with Gasteiger partial charge in [-0.25, -0.2) is 9.59 Å². The van der Waals surface area contributed by atoms with E-state index in [9.17, 15) is 14.4 Å². The fraction of sp³-hybridized carbons (Fsp3) is 0.100. The first-order valence-electron chi connectivity index (χ1n) is 4.24. The van der Waals surface area contributed by atoms with Crippen LogP contribution < -0.4 is 0 Å². The zero-order valence-electron chi connectivity index (χ0n) is 8.04. The van der Waals surface area contributed by atoms with Gasteiger partial charge >= 0.3 is 17.9 Å². The summed E-state index contributed by atoms with van der Waals surface area (Å²) in [5, 5.41) is 7.65. The minimum absolute atomic E-state index is 0.0833. The number of carboxylic acid groups (broad SMARTS) is 1. The number of benzene rings is 1. The highest BCUT2D eigenvalue weighted by atomic mass is 32.1. The van der Waals surface area contributed by atoms with Crippen LogP contribution in [0.4, 0.5) is 0 Å². The molecule has 0 aromatic heterocycles. The number of carbonyl (C=O) groups excluding carboxylic acids is 2. The molecule has 1 aliphatic rings. The van der Waals surface area contributed by atoms with Gasteiger partial charge in [0.05, 0.1) is 16.9 Å². The van der Waals surface area contributed by atoms with Crippen LogP contribution in [-0.2, 0) is 9.53 Å². The monoisotopic (exact) mass is 240 g/mol. The average molecular weight is 240 g/mol. The Balaban J connectivity index is 0.000000221. The number of carboxylic acids is 1. The van der Waals surface area contributed by atoms with Gasteiger partial charge in [0.1, 0.15) is 0 Å². The van der Waals surface area contributed by atoms with E-state index in [-0.39, 0.29) is 5.75 Å². The standard InChI is InChI=1S/C8H4O3.C2H4O2S/c9-7-5-3-1-2-4-6(5)8(10)11-7;3-2(4)1-5/h1-4H;5H,1H2,(H,3,4). The highest BCUT2D eigenvalue weighted by molar-refractivity contribution is 7.81. The number of esters is 2. The van der Waals surface area contributed by atoms with Crippen molar-refractivity contribution < 1.29 is 24.2 Å². The molecule has 0 radical (unpaired) electrons. The summed E-state index contributed by atoms with van der Waals surface area (Å²) in [6, 6.07) is 6.53. The third-order valence-electron chi connectivity index (χ3n) is 1.69. The Bertz CT molecular complexity index is 408. The topological polar surface area (TPSA) is 80.7 Å². The van der Waals surface area contributed by atoms with Crippen LogP contribution in [0, 0.1) is 0 Å². The van der Waals surface area contributed by atoms with Crippen LogP contribution in [0.1, 0.15) is 20.7 Å². The summed E-state index contributed by atoms with van der Waals surface area (Å²) >= 11 is 3.42. The maximum Gasteiger partial charge on any atom is 0.346 e. The summed E-state index contributed by atoms with van der Waals surface area (Å²) in [5.74, 6) is -2.07. The van der Waals surface area contributed by atoms with Crippen molar-refractivity contribution >= 4 is 30.5 Å². The molecule has 1 aromatic rings. The molecule has 0 atom stereocenters. The number of ether oxygens (including phenoxy) is 1. The van der Waals surface area contributed by atoms with E-state index in [1.54, 1.807) is 24.3 Å². The number of thiol groups is 1. The second-order valence-corrected chi connectivity index (χ2v) is 3.09. The molecule has 0 fully saturated rings. The van der Waals surface area contributed by atoms with Crippen LogP contribution >= 0.6 is 12.6 Å². The van der Waals surface area contributed by atoms with Gasteiger partial charge in [0.2, 0.25) is 0 Å². The predicted molar refractivity (Wildman–Crippen MR) is 57.7 cm³/mol. The van der Waals surface area contributed by atoms with Crippen LogP contribution in [0.5, 0.6) is 0 Å². The number of aliphatic carboxylic acids is 1. The molecule has 1 aromatic carbocycles. The lowest BCUT2D eigenvalue weighted by atomic mass is 10.1. The van der Waals surface area contributed by atoms with Crippen LogP contribution in [0.25, 0.3) is 0 Å². The molecule has 0 saturated carbocycles. The van der Waals surface area contributed by atoms with E-state index in [0.29, 0.717) is 11.1 Å². The first kappa shape index (κ1) is 12.3. The smallest absolute Gasteiger partial charge is 0.346 e. The first-order valence-corrected chi connectivity index (χ1v) is 4.87. The lowest BCUT2D eigenvalue weighted by molar-refractivity contribution is -0.133. The third-order valence-corrected chi connectivity index (χ3v) is 1.96. The van der Waals surface area contributed by atoms with Crippen molar-refractivity contribution in [3.63, 3.8) is 0 Å². The van der Waals surface area contributed by atoms with Crippen molar-refractivity contribution in [1.29, 1.82) is 0 Å². The molecular formula is C10H8O5S. The summed E-state index contributed by atoms with van der Waals surface area (Å²) in [4.78, 5) is 31.0. The van der Waals surface area contributed by atoms with Crippen LogP contribution in [-0.4, -0.2) is 28.8 Å². The third kappa shape index (κ3) is 2.83. The fourth-order valence-electron chi connectivity index (χ4n) is 1.03. The zero-order valence-corrected chi connectivity index (χ0v) is 8.94. The van der Waals surface area contributed by atoms with Crippen LogP contribution in [0.2, 0.25) is 0 Å². The van der Waals surface area contributed by atoms with Gasteiger partial charge in [0.25, 0.3) is 0 Å². The highest BCUT2D eigenvalue weighted by Crippen LogP contribution is 2.18. The molecule has 1 N–H and O–H groups in total. The molecule has 5 nitrogen and oxygen atoms in total. The molecule has 1 aliphatic heterocycles. The second kappa shape index (κ2) is 5.32. The molecule has 84 valence electrons. The van der Waals surface area contributed by atoms with E-state index >= 15 is 0 Å². The molecule has 0 aliphatic carbocycles. The van der Waals surface area contributed by atoms with E-state index in [1.807, 2.05) is 0 Å². The first-order chi connectivity index (χ1) is 7.56. The fourth-order valence-corrected chi connectivity index (χ4v) is 1.03.